The fourth-order valence-corrected chi connectivity index (χ4v) is 7.96. The van der Waals surface area contributed by atoms with Gasteiger partial charge in [-0.05, 0) is 92.4 Å². The van der Waals surface area contributed by atoms with Gasteiger partial charge in [-0.2, -0.15) is 0 Å². The Morgan fingerprint density at radius 2 is 1.11 bits per heavy atom. The lowest BCUT2D eigenvalue weighted by atomic mass is 9.34. The normalized spacial score (nSPS) is 13.9. The molecule has 0 aliphatic carbocycles. The van der Waals surface area contributed by atoms with Crippen LogP contribution in [0.1, 0.15) is 80.4 Å². The van der Waals surface area contributed by atoms with Gasteiger partial charge in [0.15, 0.2) is 11.3 Å². The van der Waals surface area contributed by atoms with E-state index >= 15 is 0 Å². The fourth-order valence-electron chi connectivity index (χ4n) is 7.96. The van der Waals surface area contributed by atoms with E-state index in [9.17, 15) is 0 Å². The van der Waals surface area contributed by atoms with Crippen molar-refractivity contribution in [1.29, 1.82) is 0 Å². The number of ether oxygens (including phenoxy) is 2. The first kappa shape index (κ1) is 32.3. The minimum atomic E-state index is -0.199. The molecule has 53 heavy (non-hydrogen) atoms. The molecule has 0 radical (unpaired) electrons. The second kappa shape index (κ2) is 11.5. The van der Waals surface area contributed by atoms with Crippen LogP contribution in [0.5, 0.6) is 23.0 Å². The van der Waals surface area contributed by atoms with Gasteiger partial charge < -0.3 is 18.8 Å². The summed E-state index contributed by atoms with van der Waals surface area (Å²) in [7, 11) is 0. The Hall–Kier alpha value is -5.42. The number of anilines is 3. The maximum absolute atomic E-state index is 8.82. The predicted octanol–water partition coefficient (Wildman–Crippen LogP) is 11.7. The Morgan fingerprint density at radius 3 is 1.72 bits per heavy atom. The van der Waals surface area contributed by atoms with Gasteiger partial charge in [-0.15, -0.1) is 0 Å². The predicted molar refractivity (Wildman–Crippen MR) is 222 cm³/mol. The summed E-state index contributed by atoms with van der Waals surface area (Å²) in [5.74, 6) is 2.81. The van der Waals surface area contributed by atoms with Crippen LogP contribution in [0.15, 0.2) is 120 Å². The zero-order valence-corrected chi connectivity index (χ0v) is 32.1. The average molecular weight is 697 g/mol. The molecule has 2 aliphatic rings. The second-order valence-electron chi connectivity index (χ2n) is 17.8. The molecule has 2 aliphatic heterocycles. The van der Waals surface area contributed by atoms with Gasteiger partial charge in [0, 0.05) is 27.6 Å². The van der Waals surface area contributed by atoms with Crippen molar-refractivity contribution in [3.8, 4) is 23.0 Å². The summed E-state index contributed by atoms with van der Waals surface area (Å²) >= 11 is 0. The van der Waals surface area contributed by atoms with Crippen LogP contribution in [0.25, 0.3) is 21.9 Å². The highest BCUT2D eigenvalue weighted by molar-refractivity contribution is 6.98. The van der Waals surface area contributed by atoms with Crippen LogP contribution >= 0.6 is 0 Å². The monoisotopic (exact) mass is 696 g/mol. The Balaban J connectivity index is 1.39. The van der Waals surface area contributed by atoms with Gasteiger partial charge in [0.1, 0.15) is 28.5 Å². The Bertz CT molecular complexity index is 2560. The van der Waals surface area contributed by atoms with Crippen molar-refractivity contribution < 1.29 is 15.3 Å². The molecule has 7 aromatic rings. The number of hydrogen-bond acceptors (Lipinski definition) is 4. The molecule has 0 spiro atoms. The maximum Gasteiger partial charge on any atom is 0.260 e. The summed E-state index contributed by atoms with van der Waals surface area (Å²) in [6.45, 7) is 20.0. The van der Waals surface area contributed by atoms with Gasteiger partial charge in [-0.3, -0.25) is 0 Å². The highest BCUT2D eigenvalue weighted by Crippen LogP contribution is 2.50. The molecule has 9 rings (SSSR count). The van der Waals surface area contributed by atoms with E-state index in [0.717, 1.165) is 61.1 Å². The van der Waals surface area contributed by atoms with E-state index in [1.165, 1.54) is 16.7 Å². The van der Waals surface area contributed by atoms with Crippen molar-refractivity contribution in [2.45, 2.75) is 78.6 Å². The molecular weight excluding hydrogens is 649 g/mol. The molecule has 3 heterocycles. The highest BCUT2D eigenvalue weighted by atomic mass is 16.5. The molecule has 0 fully saturated rings. The van der Waals surface area contributed by atoms with Gasteiger partial charge in [0.25, 0.3) is 6.71 Å². The van der Waals surface area contributed by atoms with E-state index in [4.69, 9.17) is 15.3 Å². The quantitative estimate of drug-likeness (QED) is 0.172. The Morgan fingerprint density at radius 1 is 0.547 bits per heavy atom. The van der Waals surface area contributed by atoms with Crippen molar-refractivity contribution in [3.05, 3.63) is 132 Å². The number of hydrogen-bond donors (Lipinski definition) is 0. The number of fused-ring (bicyclic) bond motifs is 7. The minimum Gasteiger partial charge on any atom is -0.458 e. The number of furan rings is 1. The van der Waals surface area contributed by atoms with E-state index in [-0.39, 0.29) is 23.0 Å². The van der Waals surface area contributed by atoms with E-state index < -0.39 is 0 Å². The largest absolute Gasteiger partial charge is 0.458 e. The maximum atomic E-state index is 8.82. The topological polar surface area (TPSA) is 34.8 Å². The van der Waals surface area contributed by atoms with Crippen molar-refractivity contribution >= 4 is 62.1 Å². The summed E-state index contributed by atoms with van der Waals surface area (Å²) in [5.41, 5.74) is 11.1. The number of benzene rings is 6. The molecule has 0 N–H and O–H groups in total. The van der Waals surface area contributed by atoms with Crippen LogP contribution in [0.4, 0.5) is 17.1 Å². The summed E-state index contributed by atoms with van der Waals surface area (Å²) < 4.78 is 29.4. The zero-order chi connectivity index (χ0) is 37.9. The molecular formula is C48H46BNO3. The zero-order valence-electron chi connectivity index (χ0n) is 33.1. The van der Waals surface area contributed by atoms with Crippen molar-refractivity contribution in [3.63, 3.8) is 0 Å². The van der Waals surface area contributed by atoms with E-state index in [2.05, 4.69) is 152 Å². The number of nitrogens with zero attached hydrogens (tertiary/aromatic N) is 1. The summed E-state index contributed by atoms with van der Waals surface area (Å²) in [5, 5.41) is 2.07. The molecule has 1 aromatic heterocycles. The van der Waals surface area contributed by atoms with Crippen molar-refractivity contribution in [1.82, 2.24) is 0 Å². The third-order valence-electron chi connectivity index (χ3n) is 11.0. The van der Waals surface area contributed by atoms with Crippen LogP contribution < -0.4 is 30.8 Å². The van der Waals surface area contributed by atoms with Crippen molar-refractivity contribution in [2.75, 3.05) is 4.90 Å². The molecule has 6 aromatic carbocycles. The van der Waals surface area contributed by atoms with Gasteiger partial charge in [-0.1, -0.05) is 129 Å². The molecule has 0 bridgehead atoms. The first-order chi connectivity index (χ1) is 25.6. The third kappa shape index (κ3) is 5.43. The van der Waals surface area contributed by atoms with Gasteiger partial charge in [-0.25, -0.2) is 0 Å². The molecule has 264 valence electrons. The summed E-state index contributed by atoms with van der Waals surface area (Å²) in [6, 6.07) is 38.9. The number of rotatable bonds is 3. The van der Waals surface area contributed by atoms with Crippen molar-refractivity contribution in [2.24, 2.45) is 0 Å². The van der Waals surface area contributed by atoms with Gasteiger partial charge in [0.2, 0.25) is 0 Å². The number of para-hydroxylation sites is 1. The first-order valence-electron chi connectivity index (χ1n) is 19.2. The smallest absolute Gasteiger partial charge is 0.260 e. The summed E-state index contributed by atoms with van der Waals surface area (Å²) in [6.07, 6.45) is 0. The van der Waals surface area contributed by atoms with Crippen LogP contribution in [-0.2, 0) is 16.2 Å². The molecule has 0 saturated heterocycles. The fraction of sp³-hybridized carbons (Fsp3) is 0.250. The lowest BCUT2D eigenvalue weighted by molar-refractivity contribution is 0.464. The van der Waals surface area contributed by atoms with Gasteiger partial charge >= 0.3 is 0 Å². The molecule has 0 amide bonds. The SMILES string of the molecule is [2H]c1cc2c3c(c1)Oc1c(cc4c(oc5ccccc54)c1N(c1ccc(C(C)(C)C)cc1)c1ccc(C(C)(C)C)cc1)B3c1cc(C(C)(C)C)ccc1O2. The van der Waals surface area contributed by atoms with Crippen LogP contribution in [0.3, 0.4) is 0 Å². The third-order valence-corrected chi connectivity index (χ3v) is 11.0. The van der Waals surface area contributed by atoms with E-state index in [1.807, 2.05) is 24.3 Å². The average Bonchev–Trinajstić information content (AvgIpc) is 3.49. The molecule has 0 atom stereocenters. The van der Waals surface area contributed by atoms with E-state index in [1.54, 1.807) is 0 Å². The van der Waals surface area contributed by atoms with Crippen LogP contribution in [0.2, 0.25) is 0 Å². The first-order valence-corrected chi connectivity index (χ1v) is 18.7. The molecule has 0 unspecified atom stereocenters. The lowest BCUT2D eigenvalue weighted by Gasteiger charge is -2.36. The van der Waals surface area contributed by atoms with Crippen LogP contribution in [-0.4, -0.2) is 6.71 Å². The molecule has 4 nitrogen and oxygen atoms in total. The molecule has 5 heteroatoms. The lowest BCUT2D eigenvalue weighted by Crippen LogP contribution is -2.57. The second-order valence-corrected chi connectivity index (χ2v) is 17.8. The Kier molecular flexibility index (Phi) is 7.02. The Labute approximate surface area is 314 Å². The molecule has 0 saturated carbocycles. The minimum absolute atomic E-state index is 0.00349. The highest BCUT2D eigenvalue weighted by Gasteiger charge is 2.43. The van der Waals surface area contributed by atoms with Crippen LogP contribution in [0, 0.1) is 0 Å². The van der Waals surface area contributed by atoms with E-state index in [0.29, 0.717) is 23.3 Å². The van der Waals surface area contributed by atoms with Gasteiger partial charge in [0.05, 0.1) is 1.37 Å². The summed E-state index contributed by atoms with van der Waals surface area (Å²) in [4.78, 5) is 2.30. The standard InChI is InChI=1S/C48H46BNO3/c1-46(2,3)29-17-22-32(23-18-29)50(33-24-19-30(20-25-33)47(4,5)6)43-44-35(34-13-10-11-14-38(34)52-44)28-37-45(43)53-41-16-12-15-40-42(41)49(37)36-27-31(48(7,8)9)21-26-39(36)51-40/h10-28H,1-9H3/i12D.